The lowest BCUT2D eigenvalue weighted by molar-refractivity contribution is 0.0540. The summed E-state index contributed by atoms with van der Waals surface area (Å²) in [6.07, 6.45) is 1.44. The predicted octanol–water partition coefficient (Wildman–Crippen LogP) is 1.20. The SMILES string of the molecule is CC(O)(CNC1CCCS(=O)(=O)C1)c1ccc(F)cc1. The molecule has 0 radical (unpaired) electrons. The topological polar surface area (TPSA) is 66.4 Å². The summed E-state index contributed by atoms with van der Waals surface area (Å²) in [5, 5.41) is 13.5. The molecule has 1 aliphatic rings. The summed E-state index contributed by atoms with van der Waals surface area (Å²) < 4.78 is 36.0. The normalized spacial score (nSPS) is 25.1. The molecule has 2 N–H and O–H groups in total. The van der Waals surface area contributed by atoms with Crippen LogP contribution in [0.2, 0.25) is 0 Å². The van der Waals surface area contributed by atoms with Crippen molar-refractivity contribution in [2.24, 2.45) is 0 Å². The molecule has 20 heavy (non-hydrogen) atoms. The summed E-state index contributed by atoms with van der Waals surface area (Å²) in [5.41, 5.74) is -0.556. The zero-order valence-corrected chi connectivity index (χ0v) is 12.3. The van der Waals surface area contributed by atoms with E-state index < -0.39 is 15.4 Å². The van der Waals surface area contributed by atoms with Gasteiger partial charge in [0.15, 0.2) is 9.84 Å². The minimum atomic E-state index is -2.96. The first-order valence-corrected chi connectivity index (χ1v) is 8.53. The van der Waals surface area contributed by atoms with Gasteiger partial charge < -0.3 is 10.4 Å². The maximum atomic E-state index is 12.9. The number of hydrogen-bond donors (Lipinski definition) is 2. The molecule has 0 amide bonds. The van der Waals surface area contributed by atoms with E-state index in [-0.39, 0.29) is 29.9 Å². The molecular formula is C14H20FNO3S. The molecule has 2 unspecified atom stereocenters. The van der Waals surface area contributed by atoms with Crippen LogP contribution in [0.3, 0.4) is 0 Å². The predicted molar refractivity (Wildman–Crippen MR) is 75.6 cm³/mol. The number of nitrogens with one attached hydrogen (secondary N) is 1. The highest BCUT2D eigenvalue weighted by Crippen LogP contribution is 2.21. The van der Waals surface area contributed by atoms with E-state index in [2.05, 4.69) is 5.32 Å². The summed E-state index contributed by atoms with van der Waals surface area (Å²) in [7, 11) is -2.96. The van der Waals surface area contributed by atoms with E-state index >= 15 is 0 Å². The van der Waals surface area contributed by atoms with Crippen LogP contribution in [0.4, 0.5) is 4.39 Å². The molecule has 1 aromatic carbocycles. The molecule has 0 aromatic heterocycles. The van der Waals surface area contributed by atoms with Crippen molar-refractivity contribution in [3.05, 3.63) is 35.6 Å². The first-order chi connectivity index (χ1) is 9.28. The first kappa shape index (κ1) is 15.4. The molecule has 0 spiro atoms. The molecule has 2 rings (SSSR count). The number of benzene rings is 1. The molecular weight excluding hydrogens is 281 g/mol. The molecule has 4 nitrogen and oxygen atoms in total. The molecule has 2 atom stereocenters. The zero-order valence-electron chi connectivity index (χ0n) is 11.5. The lowest BCUT2D eigenvalue weighted by Crippen LogP contribution is -2.46. The molecule has 1 heterocycles. The zero-order chi connectivity index (χ0) is 14.8. The minimum Gasteiger partial charge on any atom is -0.384 e. The largest absolute Gasteiger partial charge is 0.384 e. The Bertz CT molecular complexity index is 554. The fraction of sp³-hybridized carbons (Fsp3) is 0.571. The minimum absolute atomic E-state index is 0.118. The molecule has 1 saturated heterocycles. The molecule has 0 aliphatic carbocycles. The second-order valence-electron chi connectivity index (χ2n) is 5.62. The Morgan fingerprint density at radius 1 is 1.40 bits per heavy atom. The fourth-order valence-electron chi connectivity index (χ4n) is 2.44. The molecule has 0 saturated carbocycles. The fourth-order valence-corrected chi connectivity index (χ4v) is 4.11. The van der Waals surface area contributed by atoms with Gasteiger partial charge >= 0.3 is 0 Å². The van der Waals surface area contributed by atoms with Gasteiger partial charge in [-0.1, -0.05) is 12.1 Å². The molecule has 112 valence electrons. The summed E-state index contributed by atoms with van der Waals surface area (Å²) in [6, 6.07) is 5.55. The number of halogens is 1. The Hall–Kier alpha value is -0.980. The third kappa shape index (κ3) is 4.01. The summed E-state index contributed by atoms with van der Waals surface area (Å²) in [4.78, 5) is 0. The Balaban J connectivity index is 1.97. The molecule has 0 bridgehead atoms. The van der Waals surface area contributed by atoms with E-state index in [1.54, 1.807) is 6.92 Å². The Morgan fingerprint density at radius 2 is 2.05 bits per heavy atom. The van der Waals surface area contributed by atoms with Crippen LogP contribution >= 0.6 is 0 Å². The van der Waals surface area contributed by atoms with Crippen LogP contribution in [0.15, 0.2) is 24.3 Å². The van der Waals surface area contributed by atoms with Gasteiger partial charge in [0.05, 0.1) is 17.1 Å². The average Bonchev–Trinajstić information content (AvgIpc) is 2.36. The smallest absolute Gasteiger partial charge is 0.151 e. The highest BCUT2D eigenvalue weighted by atomic mass is 32.2. The van der Waals surface area contributed by atoms with Gasteiger partial charge in [-0.25, -0.2) is 12.8 Å². The second-order valence-corrected chi connectivity index (χ2v) is 7.84. The van der Waals surface area contributed by atoms with Crippen LogP contribution in [0.5, 0.6) is 0 Å². The monoisotopic (exact) mass is 301 g/mol. The van der Waals surface area contributed by atoms with Crippen LogP contribution in [-0.2, 0) is 15.4 Å². The lowest BCUT2D eigenvalue weighted by atomic mass is 9.95. The third-order valence-electron chi connectivity index (χ3n) is 3.66. The van der Waals surface area contributed by atoms with Gasteiger partial charge in [-0.15, -0.1) is 0 Å². The van der Waals surface area contributed by atoms with Crippen molar-refractivity contribution >= 4 is 9.84 Å². The second kappa shape index (κ2) is 5.79. The molecule has 1 aromatic rings. The number of sulfone groups is 1. The van der Waals surface area contributed by atoms with Crippen molar-refractivity contribution in [2.75, 3.05) is 18.1 Å². The number of aliphatic hydroxyl groups is 1. The van der Waals surface area contributed by atoms with Gasteiger partial charge in [-0.3, -0.25) is 0 Å². The van der Waals surface area contributed by atoms with Gasteiger partial charge in [-0.2, -0.15) is 0 Å². The van der Waals surface area contributed by atoms with Crippen molar-refractivity contribution < 1.29 is 17.9 Å². The number of rotatable bonds is 4. The quantitative estimate of drug-likeness (QED) is 0.877. The van der Waals surface area contributed by atoms with Gasteiger partial charge in [-0.05, 0) is 37.5 Å². The highest BCUT2D eigenvalue weighted by molar-refractivity contribution is 7.91. The highest BCUT2D eigenvalue weighted by Gasteiger charge is 2.28. The van der Waals surface area contributed by atoms with Crippen molar-refractivity contribution in [1.82, 2.24) is 5.32 Å². The molecule has 6 heteroatoms. The van der Waals surface area contributed by atoms with E-state index in [0.29, 0.717) is 12.0 Å². The van der Waals surface area contributed by atoms with Crippen LogP contribution in [0.25, 0.3) is 0 Å². The van der Waals surface area contributed by atoms with E-state index in [0.717, 1.165) is 6.42 Å². The van der Waals surface area contributed by atoms with Crippen LogP contribution in [-0.4, -0.2) is 37.6 Å². The van der Waals surface area contributed by atoms with Gasteiger partial charge in [0.1, 0.15) is 5.82 Å². The summed E-state index contributed by atoms with van der Waals surface area (Å²) in [5.74, 6) is 0.0161. The van der Waals surface area contributed by atoms with E-state index in [4.69, 9.17) is 0 Å². The average molecular weight is 301 g/mol. The van der Waals surface area contributed by atoms with Crippen molar-refractivity contribution in [1.29, 1.82) is 0 Å². The van der Waals surface area contributed by atoms with E-state index in [9.17, 15) is 17.9 Å². The first-order valence-electron chi connectivity index (χ1n) is 6.71. The van der Waals surface area contributed by atoms with Crippen molar-refractivity contribution in [2.45, 2.75) is 31.4 Å². The van der Waals surface area contributed by atoms with Crippen molar-refractivity contribution in [3.63, 3.8) is 0 Å². The van der Waals surface area contributed by atoms with Gasteiger partial charge in [0.25, 0.3) is 0 Å². The molecule has 1 fully saturated rings. The summed E-state index contributed by atoms with van der Waals surface area (Å²) in [6.45, 7) is 1.86. The molecule has 1 aliphatic heterocycles. The van der Waals surface area contributed by atoms with E-state index in [1.165, 1.54) is 24.3 Å². The third-order valence-corrected chi connectivity index (χ3v) is 5.49. The maximum Gasteiger partial charge on any atom is 0.151 e. The van der Waals surface area contributed by atoms with Crippen molar-refractivity contribution in [3.8, 4) is 0 Å². The number of hydrogen-bond acceptors (Lipinski definition) is 4. The maximum absolute atomic E-state index is 12.9. The van der Waals surface area contributed by atoms with E-state index in [1.807, 2.05) is 0 Å². The Morgan fingerprint density at radius 3 is 2.65 bits per heavy atom. The standard InChI is InChI=1S/C14H20FNO3S/c1-14(17,11-4-6-12(15)7-5-11)10-16-13-3-2-8-20(18,19)9-13/h4-7,13,16-17H,2-3,8-10H2,1H3. The van der Waals surface area contributed by atoms with Gasteiger partial charge in [0.2, 0.25) is 0 Å². The lowest BCUT2D eigenvalue weighted by Gasteiger charge is -2.29. The van der Waals surface area contributed by atoms with Crippen LogP contribution < -0.4 is 5.32 Å². The summed E-state index contributed by atoms with van der Waals surface area (Å²) >= 11 is 0. The van der Waals surface area contributed by atoms with Gasteiger partial charge in [0, 0.05) is 12.6 Å². The Kier molecular flexibility index (Phi) is 4.46. The van der Waals surface area contributed by atoms with Crippen LogP contribution in [0, 0.1) is 5.82 Å². The Labute approximate surface area is 118 Å². The van der Waals surface area contributed by atoms with Crippen LogP contribution in [0.1, 0.15) is 25.3 Å².